The van der Waals surface area contributed by atoms with Crippen LogP contribution < -0.4 is 5.32 Å². The first-order chi connectivity index (χ1) is 9.65. The van der Waals surface area contributed by atoms with Gasteiger partial charge in [0, 0.05) is 17.6 Å². The van der Waals surface area contributed by atoms with E-state index in [0.29, 0.717) is 0 Å². The first kappa shape index (κ1) is 13.2. The lowest BCUT2D eigenvalue weighted by molar-refractivity contribution is 0.467. The van der Waals surface area contributed by atoms with Crippen molar-refractivity contribution in [3.8, 4) is 0 Å². The second-order valence-electron chi connectivity index (χ2n) is 4.89. The SMILES string of the molecule is Cc1nc(C(C)NC(C)c2nnc3ccccn23)cs1. The molecule has 0 amide bonds. The number of aryl methyl sites for hydroxylation is 1. The Hall–Kier alpha value is -1.79. The van der Waals surface area contributed by atoms with Gasteiger partial charge in [-0.3, -0.25) is 9.72 Å². The molecular formula is C14H17N5S. The molecule has 0 saturated heterocycles. The number of hydrogen-bond acceptors (Lipinski definition) is 5. The number of thiazole rings is 1. The molecule has 0 bridgehead atoms. The average Bonchev–Trinajstić information content (AvgIpc) is 3.04. The molecule has 3 aromatic rings. The van der Waals surface area contributed by atoms with Crippen molar-refractivity contribution >= 4 is 17.0 Å². The van der Waals surface area contributed by atoms with Gasteiger partial charge in [-0.1, -0.05) is 6.07 Å². The smallest absolute Gasteiger partial charge is 0.160 e. The molecule has 2 atom stereocenters. The zero-order valence-electron chi connectivity index (χ0n) is 11.7. The molecular weight excluding hydrogens is 270 g/mol. The van der Waals surface area contributed by atoms with Gasteiger partial charge in [0.2, 0.25) is 0 Å². The molecule has 0 spiro atoms. The quantitative estimate of drug-likeness (QED) is 0.801. The van der Waals surface area contributed by atoms with E-state index in [-0.39, 0.29) is 12.1 Å². The fourth-order valence-corrected chi connectivity index (χ4v) is 2.98. The molecule has 0 radical (unpaired) electrons. The van der Waals surface area contributed by atoms with Crippen LogP contribution in [0, 0.1) is 6.92 Å². The lowest BCUT2D eigenvalue weighted by atomic mass is 10.2. The van der Waals surface area contributed by atoms with E-state index in [1.54, 1.807) is 11.3 Å². The van der Waals surface area contributed by atoms with Gasteiger partial charge in [-0.2, -0.15) is 0 Å². The van der Waals surface area contributed by atoms with Crippen LogP contribution >= 0.6 is 11.3 Å². The first-order valence-corrected chi connectivity index (χ1v) is 7.51. The summed E-state index contributed by atoms with van der Waals surface area (Å²) in [7, 11) is 0. The summed E-state index contributed by atoms with van der Waals surface area (Å²) < 4.78 is 2.01. The van der Waals surface area contributed by atoms with Crippen molar-refractivity contribution in [2.45, 2.75) is 32.9 Å². The Morgan fingerprint density at radius 2 is 2.05 bits per heavy atom. The van der Waals surface area contributed by atoms with Crippen LogP contribution in [0.3, 0.4) is 0 Å². The van der Waals surface area contributed by atoms with Gasteiger partial charge in [0.05, 0.1) is 16.7 Å². The lowest BCUT2D eigenvalue weighted by Gasteiger charge is -2.17. The van der Waals surface area contributed by atoms with Crippen molar-refractivity contribution in [2.75, 3.05) is 0 Å². The highest BCUT2D eigenvalue weighted by atomic mass is 32.1. The Balaban J connectivity index is 1.80. The van der Waals surface area contributed by atoms with Crippen LogP contribution in [0.15, 0.2) is 29.8 Å². The average molecular weight is 287 g/mol. The normalized spacial score (nSPS) is 14.6. The molecule has 5 nitrogen and oxygen atoms in total. The van der Waals surface area contributed by atoms with Crippen LogP contribution in [-0.2, 0) is 0 Å². The summed E-state index contributed by atoms with van der Waals surface area (Å²) in [4.78, 5) is 4.52. The maximum absolute atomic E-state index is 4.52. The van der Waals surface area contributed by atoms with Crippen LogP contribution in [0.5, 0.6) is 0 Å². The molecule has 0 fully saturated rings. The highest BCUT2D eigenvalue weighted by Gasteiger charge is 2.17. The van der Waals surface area contributed by atoms with Gasteiger partial charge in [0.15, 0.2) is 11.5 Å². The molecule has 0 aliphatic heterocycles. The van der Waals surface area contributed by atoms with Gasteiger partial charge in [0.1, 0.15) is 0 Å². The minimum absolute atomic E-state index is 0.101. The van der Waals surface area contributed by atoms with E-state index in [1.807, 2.05) is 35.7 Å². The number of pyridine rings is 1. The minimum Gasteiger partial charge on any atom is -0.299 e. The van der Waals surface area contributed by atoms with Gasteiger partial charge in [-0.05, 0) is 32.9 Å². The van der Waals surface area contributed by atoms with Crippen molar-refractivity contribution in [2.24, 2.45) is 0 Å². The number of fused-ring (bicyclic) bond motifs is 1. The van der Waals surface area contributed by atoms with Crippen molar-refractivity contribution in [1.82, 2.24) is 24.9 Å². The zero-order chi connectivity index (χ0) is 14.1. The first-order valence-electron chi connectivity index (χ1n) is 6.63. The molecule has 0 aliphatic carbocycles. The minimum atomic E-state index is 0.101. The van der Waals surface area contributed by atoms with E-state index >= 15 is 0 Å². The largest absolute Gasteiger partial charge is 0.299 e. The van der Waals surface area contributed by atoms with Gasteiger partial charge in [-0.25, -0.2) is 4.98 Å². The highest BCUT2D eigenvalue weighted by Crippen LogP contribution is 2.20. The Morgan fingerprint density at radius 1 is 1.20 bits per heavy atom. The van der Waals surface area contributed by atoms with Crippen molar-refractivity contribution in [3.05, 3.63) is 46.3 Å². The van der Waals surface area contributed by atoms with Crippen LogP contribution in [0.2, 0.25) is 0 Å². The van der Waals surface area contributed by atoms with Crippen LogP contribution in [0.4, 0.5) is 0 Å². The third-order valence-electron chi connectivity index (χ3n) is 3.31. The number of aromatic nitrogens is 4. The molecule has 6 heteroatoms. The summed E-state index contributed by atoms with van der Waals surface area (Å²) in [5.41, 5.74) is 1.95. The lowest BCUT2D eigenvalue weighted by Crippen LogP contribution is -2.24. The molecule has 3 rings (SSSR count). The Labute approximate surface area is 121 Å². The molecule has 0 aromatic carbocycles. The predicted molar refractivity (Wildman–Crippen MR) is 79.8 cm³/mol. The topological polar surface area (TPSA) is 55.1 Å². The second-order valence-corrected chi connectivity index (χ2v) is 5.95. The molecule has 3 heterocycles. The van der Waals surface area contributed by atoms with Crippen LogP contribution in [0.1, 0.15) is 42.5 Å². The Bertz CT molecular complexity index is 717. The van der Waals surface area contributed by atoms with E-state index in [1.165, 1.54) is 0 Å². The van der Waals surface area contributed by atoms with Gasteiger partial charge < -0.3 is 0 Å². The number of nitrogens with one attached hydrogen (secondary N) is 1. The van der Waals surface area contributed by atoms with Crippen molar-refractivity contribution in [1.29, 1.82) is 0 Å². The van der Waals surface area contributed by atoms with E-state index in [9.17, 15) is 0 Å². The van der Waals surface area contributed by atoms with E-state index < -0.39 is 0 Å². The summed E-state index contributed by atoms with van der Waals surface area (Å²) in [6, 6.07) is 6.19. The zero-order valence-corrected chi connectivity index (χ0v) is 12.6. The van der Waals surface area contributed by atoms with Gasteiger partial charge in [-0.15, -0.1) is 21.5 Å². The molecule has 20 heavy (non-hydrogen) atoms. The summed E-state index contributed by atoms with van der Waals surface area (Å²) in [5, 5.41) is 15.2. The summed E-state index contributed by atoms with van der Waals surface area (Å²) in [5.74, 6) is 0.916. The molecule has 0 aliphatic rings. The molecule has 2 unspecified atom stereocenters. The summed E-state index contributed by atoms with van der Waals surface area (Å²) in [6.45, 7) is 6.24. The number of nitrogens with zero attached hydrogens (tertiary/aromatic N) is 4. The van der Waals surface area contributed by atoms with Crippen molar-refractivity contribution < 1.29 is 0 Å². The summed E-state index contributed by atoms with van der Waals surface area (Å²) >= 11 is 1.68. The fraction of sp³-hybridized carbons (Fsp3) is 0.357. The third kappa shape index (κ3) is 2.44. The van der Waals surface area contributed by atoms with E-state index in [2.05, 4.69) is 39.7 Å². The van der Waals surface area contributed by atoms with Crippen LogP contribution in [0.25, 0.3) is 5.65 Å². The van der Waals surface area contributed by atoms with Crippen LogP contribution in [-0.4, -0.2) is 19.6 Å². The van der Waals surface area contributed by atoms with Crippen molar-refractivity contribution in [3.63, 3.8) is 0 Å². The molecule has 0 saturated carbocycles. The summed E-state index contributed by atoms with van der Waals surface area (Å²) in [6.07, 6.45) is 1.99. The molecule has 3 aromatic heterocycles. The number of rotatable bonds is 4. The van der Waals surface area contributed by atoms with Gasteiger partial charge >= 0.3 is 0 Å². The molecule has 104 valence electrons. The Morgan fingerprint density at radius 3 is 2.80 bits per heavy atom. The Kier molecular flexibility index (Phi) is 3.50. The predicted octanol–water partition coefficient (Wildman–Crippen LogP) is 2.91. The van der Waals surface area contributed by atoms with Gasteiger partial charge in [0.25, 0.3) is 0 Å². The third-order valence-corrected chi connectivity index (χ3v) is 4.10. The number of hydrogen-bond donors (Lipinski definition) is 1. The maximum Gasteiger partial charge on any atom is 0.160 e. The fourth-order valence-electron chi connectivity index (χ4n) is 2.27. The van der Waals surface area contributed by atoms with E-state index in [4.69, 9.17) is 0 Å². The van der Waals surface area contributed by atoms with E-state index in [0.717, 1.165) is 22.2 Å². The highest BCUT2D eigenvalue weighted by molar-refractivity contribution is 7.09. The second kappa shape index (κ2) is 5.30. The monoisotopic (exact) mass is 287 g/mol. The standard InChI is InChI=1S/C14H17N5S/c1-9(12-8-20-11(3)16-12)15-10(2)14-18-17-13-6-4-5-7-19(13)14/h4-10,15H,1-3H3. The maximum atomic E-state index is 4.52. The molecule has 1 N–H and O–H groups in total.